The van der Waals surface area contributed by atoms with Gasteiger partial charge in [-0.05, 0) is 71.7 Å². The molecule has 0 heterocycles. The Labute approximate surface area is 190 Å². The molecule has 1 amide bonds. The van der Waals surface area contributed by atoms with Gasteiger partial charge < -0.3 is 15.5 Å². The van der Waals surface area contributed by atoms with Crippen LogP contribution in [0.25, 0.3) is 5.57 Å². The molecular formula is C26H26F3NO3. The summed E-state index contributed by atoms with van der Waals surface area (Å²) in [6.07, 6.45) is -1.03. The largest absolute Gasteiger partial charge is 0.504 e. The van der Waals surface area contributed by atoms with Crippen LogP contribution in [0.5, 0.6) is 11.5 Å². The van der Waals surface area contributed by atoms with E-state index in [-0.39, 0.29) is 29.7 Å². The average Bonchev–Trinajstić information content (AvgIpc) is 3.57. The van der Waals surface area contributed by atoms with Gasteiger partial charge in [-0.1, -0.05) is 44.2 Å². The minimum atomic E-state index is -4.54. The van der Waals surface area contributed by atoms with Gasteiger partial charge in [0, 0.05) is 0 Å². The Hall–Kier alpha value is -3.22. The molecule has 2 aromatic rings. The molecule has 0 spiro atoms. The first-order valence-corrected chi connectivity index (χ1v) is 10.9. The van der Waals surface area contributed by atoms with Crippen LogP contribution in [0.3, 0.4) is 0 Å². The molecule has 2 aliphatic carbocycles. The minimum Gasteiger partial charge on any atom is -0.504 e. The number of alkyl halides is 3. The van der Waals surface area contributed by atoms with Crippen LogP contribution in [0.4, 0.5) is 13.2 Å². The molecule has 33 heavy (non-hydrogen) atoms. The standard InChI is InChI=1S/C26H26F3NO3/c1-15(2)16-4-3-5-17(10-16)18-11-20(26(27,28)29)13-21(12-18)30-24(33)25(8-9-25)19-6-7-22(31)23(32)14-19/h3-7,10-11,13-15,21,31-32H,8-9,12H2,1-2H3,(H,30,33). The van der Waals surface area contributed by atoms with Gasteiger partial charge in [-0.3, -0.25) is 4.79 Å². The van der Waals surface area contributed by atoms with Crippen LogP contribution in [0.1, 0.15) is 55.7 Å². The van der Waals surface area contributed by atoms with Crippen LogP contribution in [-0.2, 0) is 10.2 Å². The molecule has 7 heteroatoms. The van der Waals surface area contributed by atoms with Gasteiger partial charge in [0.15, 0.2) is 11.5 Å². The Balaban J connectivity index is 1.61. The molecule has 1 atom stereocenters. The highest BCUT2D eigenvalue weighted by Crippen LogP contribution is 2.50. The number of amides is 1. The number of hydrogen-bond donors (Lipinski definition) is 3. The van der Waals surface area contributed by atoms with Gasteiger partial charge in [-0.15, -0.1) is 0 Å². The number of benzene rings is 2. The molecule has 1 fully saturated rings. The summed E-state index contributed by atoms with van der Waals surface area (Å²) in [5.74, 6) is -0.775. The highest BCUT2D eigenvalue weighted by atomic mass is 19.4. The van der Waals surface area contributed by atoms with E-state index < -0.39 is 23.2 Å². The number of carbonyl (C=O) groups is 1. The summed E-state index contributed by atoms with van der Waals surface area (Å²) < 4.78 is 41.0. The number of hydrogen-bond acceptors (Lipinski definition) is 3. The molecule has 1 unspecified atom stereocenters. The summed E-state index contributed by atoms with van der Waals surface area (Å²) in [7, 11) is 0. The second-order valence-electron chi connectivity index (χ2n) is 9.14. The average molecular weight is 457 g/mol. The van der Waals surface area contributed by atoms with Gasteiger partial charge in [0.05, 0.1) is 17.0 Å². The van der Waals surface area contributed by atoms with Crippen LogP contribution < -0.4 is 5.32 Å². The number of rotatable bonds is 5. The van der Waals surface area contributed by atoms with Crippen molar-refractivity contribution < 1.29 is 28.2 Å². The summed E-state index contributed by atoms with van der Waals surface area (Å²) >= 11 is 0. The molecule has 4 rings (SSSR count). The lowest BCUT2D eigenvalue weighted by Crippen LogP contribution is -2.42. The zero-order chi connectivity index (χ0) is 24.0. The molecule has 0 saturated heterocycles. The van der Waals surface area contributed by atoms with E-state index >= 15 is 0 Å². The van der Waals surface area contributed by atoms with E-state index in [0.29, 0.717) is 29.5 Å². The van der Waals surface area contributed by atoms with Gasteiger partial charge in [0.2, 0.25) is 5.91 Å². The first-order valence-electron chi connectivity index (χ1n) is 10.9. The van der Waals surface area contributed by atoms with Crippen molar-refractivity contribution in [2.24, 2.45) is 0 Å². The predicted octanol–water partition coefficient (Wildman–Crippen LogP) is 5.71. The Morgan fingerprint density at radius 2 is 1.82 bits per heavy atom. The number of carbonyl (C=O) groups excluding carboxylic acids is 1. The van der Waals surface area contributed by atoms with Gasteiger partial charge in [0.25, 0.3) is 0 Å². The van der Waals surface area contributed by atoms with E-state index in [1.807, 2.05) is 32.0 Å². The Kier molecular flexibility index (Phi) is 5.76. The fraction of sp³-hybridized carbons (Fsp3) is 0.346. The van der Waals surface area contributed by atoms with Crippen molar-refractivity contribution in [1.82, 2.24) is 5.32 Å². The third-order valence-corrected chi connectivity index (χ3v) is 6.43. The number of halogens is 3. The zero-order valence-corrected chi connectivity index (χ0v) is 18.4. The van der Waals surface area contributed by atoms with Gasteiger partial charge in [-0.2, -0.15) is 13.2 Å². The lowest BCUT2D eigenvalue weighted by molar-refractivity contribution is -0.124. The first-order chi connectivity index (χ1) is 15.5. The van der Waals surface area contributed by atoms with Crippen molar-refractivity contribution in [3.05, 3.63) is 76.9 Å². The fourth-order valence-corrected chi connectivity index (χ4v) is 4.27. The Bertz CT molecular complexity index is 1140. The van der Waals surface area contributed by atoms with Crippen LogP contribution in [0.15, 0.2) is 60.2 Å². The minimum absolute atomic E-state index is 0.235. The molecule has 0 aromatic heterocycles. The molecular weight excluding hydrogens is 431 g/mol. The number of phenols is 2. The van der Waals surface area contributed by atoms with Gasteiger partial charge >= 0.3 is 6.18 Å². The Morgan fingerprint density at radius 1 is 1.09 bits per heavy atom. The summed E-state index contributed by atoms with van der Waals surface area (Å²) in [6.45, 7) is 4.04. The molecule has 2 aromatic carbocycles. The number of allylic oxidation sites excluding steroid dienone is 2. The number of phenolic OH excluding ortho intramolecular Hbond substituents is 2. The summed E-state index contributed by atoms with van der Waals surface area (Å²) in [6, 6.07) is 10.9. The lowest BCUT2D eigenvalue weighted by Gasteiger charge is -2.26. The van der Waals surface area contributed by atoms with Crippen LogP contribution >= 0.6 is 0 Å². The quantitative estimate of drug-likeness (QED) is 0.504. The molecule has 4 nitrogen and oxygen atoms in total. The van der Waals surface area contributed by atoms with Crippen molar-refractivity contribution in [3.8, 4) is 11.5 Å². The summed E-state index contributed by atoms with van der Waals surface area (Å²) in [5, 5.41) is 22.2. The number of nitrogens with one attached hydrogen (secondary N) is 1. The van der Waals surface area contributed by atoms with E-state index in [2.05, 4.69) is 5.32 Å². The van der Waals surface area contributed by atoms with Gasteiger partial charge in [-0.25, -0.2) is 0 Å². The number of aromatic hydroxyl groups is 2. The van der Waals surface area contributed by atoms with E-state index in [1.54, 1.807) is 12.1 Å². The maximum atomic E-state index is 13.7. The molecule has 174 valence electrons. The lowest BCUT2D eigenvalue weighted by atomic mass is 9.88. The van der Waals surface area contributed by atoms with E-state index in [1.165, 1.54) is 12.1 Å². The van der Waals surface area contributed by atoms with Crippen LogP contribution in [0, 0.1) is 0 Å². The smallest absolute Gasteiger partial charge is 0.416 e. The van der Waals surface area contributed by atoms with Crippen molar-refractivity contribution in [2.45, 2.75) is 56.7 Å². The molecule has 0 bridgehead atoms. The normalized spacial score (nSPS) is 19.6. The fourth-order valence-electron chi connectivity index (χ4n) is 4.27. The molecule has 0 aliphatic heterocycles. The molecule has 3 N–H and O–H groups in total. The summed E-state index contributed by atoms with van der Waals surface area (Å²) in [4.78, 5) is 13.1. The topological polar surface area (TPSA) is 69.6 Å². The van der Waals surface area contributed by atoms with Crippen molar-refractivity contribution in [3.63, 3.8) is 0 Å². The SMILES string of the molecule is CC(C)c1cccc(C2=CC(C(F)(F)F)=CC(NC(=O)C3(c4ccc(O)c(O)c4)CC3)C2)c1. The van der Waals surface area contributed by atoms with Gasteiger partial charge in [0.1, 0.15) is 0 Å². The summed E-state index contributed by atoms with van der Waals surface area (Å²) in [5.41, 5.74) is 1.10. The predicted molar refractivity (Wildman–Crippen MR) is 120 cm³/mol. The highest BCUT2D eigenvalue weighted by Gasteiger charge is 2.52. The van der Waals surface area contributed by atoms with Crippen LogP contribution in [0.2, 0.25) is 0 Å². The monoisotopic (exact) mass is 457 g/mol. The Morgan fingerprint density at radius 3 is 2.42 bits per heavy atom. The maximum absolute atomic E-state index is 13.7. The van der Waals surface area contributed by atoms with E-state index in [9.17, 15) is 28.2 Å². The van der Waals surface area contributed by atoms with E-state index in [4.69, 9.17) is 0 Å². The second kappa shape index (κ2) is 8.28. The first kappa shape index (κ1) is 23.0. The third kappa shape index (κ3) is 4.63. The van der Waals surface area contributed by atoms with Crippen molar-refractivity contribution in [2.75, 3.05) is 0 Å². The molecule has 2 aliphatic rings. The maximum Gasteiger partial charge on any atom is 0.416 e. The van der Waals surface area contributed by atoms with Crippen molar-refractivity contribution >= 4 is 11.5 Å². The molecule has 1 saturated carbocycles. The van der Waals surface area contributed by atoms with Crippen LogP contribution in [-0.4, -0.2) is 28.3 Å². The van der Waals surface area contributed by atoms with Crippen molar-refractivity contribution in [1.29, 1.82) is 0 Å². The third-order valence-electron chi connectivity index (χ3n) is 6.43. The van der Waals surface area contributed by atoms with E-state index in [0.717, 1.165) is 17.7 Å². The second-order valence-corrected chi connectivity index (χ2v) is 9.14. The molecule has 0 radical (unpaired) electrons. The highest BCUT2D eigenvalue weighted by molar-refractivity contribution is 5.92. The zero-order valence-electron chi connectivity index (χ0n) is 18.4.